The number of likely N-dealkylation sites (N-methyl/N-ethyl adjacent to an activating group) is 2. The monoisotopic (exact) mass is 348 g/mol. The maximum atomic E-state index is 9.74. The fraction of sp³-hybridized carbons (Fsp3) is 0.333. The molecule has 0 heterocycles. The average Bonchev–Trinajstić information content (AvgIpc) is 2.59. The molecule has 0 aliphatic rings. The lowest BCUT2D eigenvalue weighted by Gasteiger charge is -2.26. The minimum Gasteiger partial charge on any atom is -0.504 e. The van der Waals surface area contributed by atoms with E-state index in [1.807, 2.05) is 0 Å². The molecule has 0 aromatic heterocycles. The molecule has 0 radical (unpaired) electrons. The van der Waals surface area contributed by atoms with Gasteiger partial charge in [0.15, 0.2) is 23.0 Å². The van der Waals surface area contributed by atoms with E-state index in [0.29, 0.717) is 24.2 Å². The lowest BCUT2D eigenvalue weighted by molar-refractivity contribution is -0.0124. The Balaban J connectivity index is 2.29. The van der Waals surface area contributed by atoms with Gasteiger partial charge in [-0.05, 0) is 49.5 Å². The zero-order chi connectivity index (χ0) is 18.4. The van der Waals surface area contributed by atoms with Crippen molar-refractivity contribution in [2.45, 2.75) is 12.2 Å². The molecule has 0 bridgehead atoms. The van der Waals surface area contributed by atoms with Crippen molar-refractivity contribution in [3.8, 4) is 23.0 Å². The van der Waals surface area contributed by atoms with Gasteiger partial charge in [-0.15, -0.1) is 0 Å². The van der Waals surface area contributed by atoms with E-state index in [2.05, 4.69) is 10.6 Å². The number of phenolic OH excluding ortho intramolecular Hbond substituents is 4. The highest BCUT2D eigenvalue weighted by Crippen LogP contribution is 2.34. The van der Waals surface area contributed by atoms with Crippen molar-refractivity contribution in [2.24, 2.45) is 0 Å². The second-order valence-electron chi connectivity index (χ2n) is 5.73. The van der Waals surface area contributed by atoms with E-state index in [1.165, 1.54) is 24.3 Å². The molecule has 0 fully saturated rings. The Morgan fingerprint density at radius 2 is 1.12 bits per heavy atom. The Morgan fingerprint density at radius 1 is 0.720 bits per heavy atom. The minimum atomic E-state index is -0.397. The maximum Gasteiger partial charge on any atom is 0.157 e. The zero-order valence-electron chi connectivity index (χ0n) is 14.2. The third-order valence-electron chi connectivity index (χ3n) is 3.85. The van der Waals surface area contributed by atoms with Crippen molar-refractivity contribution >= 4 is 0 Å². The van der Waals surface area contributed by atoms with Gasteiger partial charge in [-0.1, -0.05) is 12.1 Å². The molecule has 2 atom stereocenters. The van der Waals surface area contributed by atoms with Crippen LogP contribution in [0, 0.1) is 0 Å². The third kappa shape index (κ3) is 4.76. The molecular weight excluding hydrogens is 324 g/mol. The van der Waals surface area contributed by atoms with Gasteiger partial charge >= 0.3 is 0 Å². The topological polar surface area (TPSA) is 114 Å². The number of benzene rings is 2. The summed E-state index contributed by atoms with van der Waals surface area (Å²) in [5.41, 5.74) is 1.41. The van der Waals surface area contributed by atoms with Crippen molar-refractivity contribution in [3.05, 3.63) is 47.5 Å². The van der Waals surface area contributed by atoms with Crippen LogP contribution in [0.1, 0.15) is 23.3 Å². The Labute approximate surface area is 146 Å². The first-order chi connectivity index (χ1) is 12.0. The molecule has 0 spiro atoms. The fourth-order valence-electron chi connectivity index (χ4n) is 2.54. The first-order valence-electron chi connectivity index (χ1n) is 7.94. The number of phenols is 4. The van der Waals surface area contributed by atoms with Crippen molar-refractivity contribution in [1.29, 1.82) is 0 Å². The van der Waals surface area contributed by atoms with E-state index < -0.39 is 12.2 Å². The van der Waals surface area contributed by atoms with Crippen LogP contribution in [0.15, 0.2) is 36.4 Å². The van der Waals surface area contributed by atoms with Crippen LogP contribution >= 0.6 is 0 Å². The summed E-state index contributed by atoms with van der Waals surface area (Å²) >= 11 is 0. The normalized spacial score (nSPS) is 13.5. The zero-order valence-corrected chi connectivity index (χ0v) is 14.2. The predicted molar refractivity (Wildman–Crippen MR) is 94.0 cm³/mol. The Bertz CT molecular complexity index is 648. The smallest absolute Gasteiger partial charge is 0.157 e. The van der Waals surface area contributed by atoms with E-state index in [0.717, 1.165) is 0 Å². The van der Waals surface area contributed by atoms with Crippen LogP contribution < -0.4 is 10.6 Å². The summed E-state index contributed by atoms with van der Waals surface area (Å²) in [4.78, 5) is 0. The predicted octanol–water partition coefficient (Wildman–Crippen LogP) is 1.75. The molecule has 7 nitrogen and oxygen atoms in total. The molecule has 0 aliphatic carbocycles. The molecule has 0 amide bonds. The Morgan fingerprint density at radius 3 is 1.44 bits per heavy atom. The second-order valence-corrected chi connectivity index (χ2v) is 5.73. The van der Waals surface area contributed by atoms with E-state index in [-0.39, 0.29) is 23.0 Å². The molecule has 2 aromatic rings. The van der Waals surface area contributed by atoms with Gasteiger partial charge in [-0.3, -0.25) is 0 Å². The third-order valence-corrected chi connectivity index (χ3v) is 3.85. The van der Waals surface area contributed by atoms with Gasteiger partial charge in [0.05, 0.1) is 12.2 Å². The Hall–Kier alpha value is -2.48. The van der Waals surface area contributed by atoms with Crippen molar-refractivity contribution < 1.29 is 25.2 Å². The van der Waals surface area contributed by atoms with Gasteiger partial charge in [-0.2, -0.15) is 0 Å². The van der Waals surface area contributed by atoms with E-state index in [9.17, 15) is 20.4 Å². The number of rotatable bonds is 8. The Kier molecular flexibility index (Phi) is 6.46. The summed E-state index contributed by atoms with van der Waals surface area (Å²) in [6.07, 6.45) is -0.795. The van der Waals surface area contributed by atoms with E-state index >= 15 is 0 Å². The van der Waals surface area contributed by atoms with Gasteiger partial charge < -0.3 is 35.8 Å². The molecule has 25 heavy (non-hydrogen) atoms. The molecule has 136 valence electrons. The van der Waals surface area contributed by atoms with Gasteiger partial charge in [0.25, 0.3) is 0 Å². The molecule has 2 aromatic carbocycles. The van der Waals surface area contributed by atoms with Gasteiger partial charge in [0.2, 0.25) is 0 Å². The van der Waals surface area contributed by atoms with Crippen LogP contribution in [-0.4, -0.2) is 47.6 Å². The lowest BCUT2D eigenvalue weighted by Crippen LogP contribution is -2.26. The van der Waals surface area contributed by atoms with Crippen LogP contribution in [0.2, 0.25) is 0 Å². The SMILES string of the molecule is CNCC(OC(CNC)c1ccc(O)c(O)c1)c1ccc(O)c(O)c1. The first-order valence-corrected chi connectivity index (χ1v) is 7.94. The van der Waals surface area contributed by atoms with Gasteiger partial charge in [-0.25, -0.2) is 0 Å². The van der Waals surface area contributed by atoms with Crippen LogP contribution in [0.3, 0.4) is 0 Å². The average molecular weight is 348 g/mol. The van der Waals surface area contributed by atoms with Crippen LogP contribution in [-0.2, 0) is 4.74 Å². The summed E-state index contributed by atoms with van der Waals surface area (Å²) in [6, 6.07) is 9.11. The summed E-state index contributed by atoms with van der Waals surface area (Å²) in [7, 11) is 3.58. The molecule has 7 heteroatoms. The largest absolute Gasteiger partial charge is 0.504 e. The maximum absolute atomic E-state index is 9.74. The van der Waals surface area contributed by atoms with Crippen molar-refractivity contribution in [1.82, 2.24) is 10.6 Å². The minimum absolute atomic E-state index is 0.192. The number of nitrogens with one attached hydrogen (secondary N) is 2. The standard InChI is InChI=1S/C18H24N2O5/c1-19-9-17(11-3-5-13(21)15(23)7-11)25-18(10-20-2)12-4-6-14(22)16(24)8-12/h3-8,17-24H,9-10H2,1-2H3. The first kappa shape index (κ1) is 18.9. The number of hydrogen-bond acceptors (Lipinski definition) is 7. The van der Waals surface area contributed by atoms with E-state index in [1.54, 1.807) is 26.2 Å². The molecule has 2 rings (SSSR count). The summed E-state index contributed by atoms with van der Waals surface area (Å²) in [5.74, 6) is -0.811. The van der Waals surface area contributed by atoms with Crippen molar-refractivity contribution in [2.75, 3.05) is 27.2 Å². The van der Waals surface area contributed by atoms with Crippen molar-refractivity contribution in [3.63, 3.8) is 0 Å². The molecule has 6 N–H and O–H groups in total. The molecular formula is C18H24N2O5. The number of hydrogen-bond donors (Lipinski definition) is 6. The molecule has 2 unspecified atom stereocenters. The van der Waals surface area contributed by atoms with E-state index in [4.69, 9.17) is 4.74 Å². The highest BCUT2D eigenvalue weighted by Gasteiger charge is 2.21. The summed E-state index contributed by atoms with van der Waals surface area (Å²) < 4.78 is 6.18. The van der Waals surface area contributed by atoms with Crippen LogP contribution in [0.25, 0.3) is 0 Å². The highest BCUT2D eigenvalue weighted by atomic mass is 16.5. The van der Waals surface area contributed by atoms with Gasteiger partial charge in [0, 0.05) is 13.1 Å². The summed E-state index contributed by atoms with van der Waals surface area (Å²) in [6.45, 7) is 0.961. The second kappa shape index (κ2) is 8.57. The number of aromatic hydroxyl groups is 4. The molecule has 0 aliphatic heterocycles. The molecule has 0 saturated heterocycles. The van der Waals surface area contributed by atoms with Crippen LogP contribution in [0.5, 0.6) is 23.0 Å². The highest BCUT2D eigenvalue weighted by molar-refractivity contribution is 5.42. The molecule has 0 saturated carbocycles. The summed E-state index contributed by atoms with van der Waals surface area (Å²) in [5, 5.41) is 44.5. The van der Waals surface area contributed by atoms with Gasteiger partial charge in [0.1, 0.15) is 0 Å². The lowest BCUT2D eigenvalue weighted by atomic mass is 10.1. The quantitative estimate of drug-likeness (QED) is 0.403. The fourth-order valence-corrected chi connectivity index (χ4v) is 2.54. The number of ether oxygens (including phenoxy) is 1. The van der Waals surface area contributed by atoms with Crippen LogP contribution in [0.4, 0.5) is 0 Å².